The van der Waals surface area contributed by atoms with E-state index in [4.69, 9.17) is 0 Å². The molecule has 0 aliphatic carbocycles. The van der Waals surface area contributed by atoms with Gasteiger partial charge in [-0.25, -0.2) is 4.98 Å². The molecule has 1 aliphatic heterocycles. The molecule has 1 aromatic carbocycles. The van der Waals surface area contributed by atoms with E-state index in [0.29, 0.717) is 25.2 Å². The average molecular weight is 242 g/mol. The van der Waals surface area contributed by atoms with E-state index in [1.807, 2.05) is 30.3 Å². The quantitative estimate of drug-likeness (QED) is 0.823. The topological polar surface area (TPSA) is 53.4 Å². The predicted molar refractivity (Wildman–Crippen MR) is 68.3 cm³/mol. The van der Waals surface area contributed by atoms with E-state index >= 15 is 0 Å². The number of carbonyl (C=O) groups is 1. The van der Waals surface area contributed by atoms with E-state index in [1.165, 1.54) is 0 Å². The first kappa shape index (κ1) is 11.2. The summed E-state index contributed by atoms with van der Waals surface area (Å²) < 4.78 is 0. The van der Waals surface area contributed by atoms with Gasteiger partial charge < -0.3 is 10.0 Å². The number of β-amino-alcohol motifs (C(OH)–C–C–N with tert-alkyl or cyclic N) is 1. The third-order valence-electron chi connectivity index (χ3n) is 3.27. The van der Waals surface area contributed by atoms with Crippen LogP contribution in [-0.2, 0) is 0 Å². The minimum absolute atomic E-state index is 0.0997. The first-order valence-electron chi connectivity index (χ1n) is 6.07. The van der Waals surface area contributed by atoms with Crippen molar-refractivity contribution in [2.75, 3.05) is 13.1 Å². The van der Waals surface area contributed by atoms with Gasteiger partial charge in [-0.05, 0) is 18.6 Å². The van der Waals surface area contributed by atoms with Crippen molar-refractivity contribution in [2.24, 2.45) is 0 Å². The minimum atomic E-state index is -0.394. The van der Waals surface area contributed by atoms with Crippen molar-refractivity contribution in [3.63, 3.8) is 0 Å². The van der Waals surface area contributed by atoms with Gasteiger partial charge in [0.1, 0.15) is 5.69 Å². The van der Waals surface area contributed by atoms with Gasteiger partial charge in [-0.15, -0.1) is 0 Å². The number of aromatic nitrogens is 1. The number of nitrogens with zero attached hydrogens (tertiary/aromatic N) is 2. The van der Waals surface area contributed by atoms with E-state index in [2.05, 4.69) is 4.98 Å². The molecule has 0 unspecified atom stereocenters. The maximum atomic E-state index is 12.2. The molecule has 1 aliphatic rings. The Morgan fingerprint density at radius 3 is 2.89 bits per heavy atom. The summed E-state index contributed by atoms with van der Waals surface area (Å²) in [6.07, 6.45) is 0.258. The molecule has 3 rings (SSSR count). The molecule has 1 aromatic heterocycles. The molecule has 1 N–H and O–H groups in total. The maximum Gasteiger partial charge on any atom is 0.272 e. The number of fused-ring (bicyclic) bond motifs is 1. The summed E-state index contributed by atoms with van der Waals surface area (Å²) in [6.45, 7) is 1.02. The first-order valence-corrected chi connectivity index (χ1v) is 6.07. The van der Waals surface area contributed by atoms with Crippen molar-refractivity contribution < 1.29 is 9.90 Å². The molecule has 92 valence electrons. The Balaban J connectivity index is 1.92. The van der Waals surface area contributed by atoms with Gasteiger partial charge >= 0.3 is 0 Å². The molecule has 1 amide bonds. The number of carbonyl (C=O) groups excluding carboxylic acids is 1. The second-order valence-corrected chi connectivity index (χ2v) is 4.58. The summed E-state index contributed by atoms with van der Waals surface area (Å²) in [6, 6.07) is 11.4. The number of pyridine rings is 1. The number of benzene rings is 1. The molecule has 1 atom stereocenters. The lowest BCUT2D eigenvalue weighted by molar-refractivity contribution is 0.0759. The van der Waals surface area contributed by atoms with Crippen LogP contribution in [-0.4, -0.2) is 40.1 Å². The van der Waals surface area contributed by atoms with Crippen LogP contribution in [0.15, 0.2) is 36.4 Å². The van der Waals surface area contributed by atoms with Crippen LogP contribution in [0.25, 0.3) is 10.9 Å². The van der Waals surface area contributed by atoms with E-state index in [-0.39, 0.29) is 5.91 Å². The summed E-state index contributed by atoms with van der Waals surface area (Å²) in [5.74, 6) is -0.0997. The van der Waals surface area contributed by atoms with Gasteiger partial charge in [-0.1, -0.05) is 24.3 Å². The average Bonchev–Trinajstić information content (AvgIpc) is 2.84. The SMILES string of the molecule is O=C(c1ccc2ccccc2n1)N1CC[C@H](O)C1. The van der Waals surface area contributed by atoms with Crippen molar-refractivity contribution in [1.29, 1.82) is 0 Å². The number of likely N-dealkylation sites (tertiary alicyclic amines) is 1. The molecule has 4 heteroatoms. The molecule has 1 saturated heterocycles. The van der Waals surface area contributed by atoms with Crippen LogP contribution >= 0.6 is 0 Å². The van der Waals surface area contributed by atoms with Crippen LogP contribution < -0.4 is 0 Å². The summed E-state index contributed by atoms with van der Waals surface area (Å²) in [5, 5.41) is 10.5. The lowest BCUT2D eigenvalue weighted by Gasteiger charge is -2.14. The van der Waals surface area contributed by atoms with Gasteiger partial charge in [0.05, 0.1) is 11.6 Å². The van der Waals surface area contributed by atoms with Crippen LogP contribution in [0, 0.1) is 0 Å². The molecule has 0 saturated carbocycles. The number of para-hydroxylation sites is 1. The molecular formula is C14H14N2O2. The molecule has 18 heavy (non-hydrogen) atoms. The Morgan fingerprint density at radius 2 is 2.11 bits per heavy atom. The van der Waals surface area contributed by atoms with Gasteiger partial charge in [-0.2, -0.15) is 0 Å². The largest absolute Gasteiger partial charge is 0.391 e. The van der Waals surface area contributed by atoms with E-state index < -0.39 is 6.10 Å². The summed E-state index contributed by atoms with van der Waals surface area (Å²) in [7, 11) is 0. The van der Waals surface area contributed by atoms with Crippen molar-refractivity contribution in [3.05, 3.63) is 42.1 Å². The smallest absolute Gasteiger partial charge is 0.272 e. The fourth-order valence-corrected chi connectivity index (χ4v) is 2.27. The molecule has 1 fully saturated rings. The number of aliphatic hydroxyl groups is 1. The standard InChI is InChI=1S/C14H14N2O2/c17-11-7-8-16(9-11)14(18)13-6-5-10-3-1-2-4-12(10)15-13/h1-6,11,17H,7-9H2/t11-/m0/s1. The molecule has 0 spiro atoms. The second kappa shape index (κ2) is 4.38. The minimum Gasteiger partial charge on any atom is -0.391 e. The van der Waals surface area contributed by atoms with Crippen LogP contribution in [0.4, 0.5) is 0 Å². The van der Waals surface area contributed by atoms with Crippen LogP contribution in [0.3, 0.4) is 0 Å². The normalized spacial score (nSPS) is 19.4. The zero-order valence-corrected chi connectivity index (χ0v) is 9.91. The van der Waals surface area contributed by atoms with Gasteiger partial charge in [0.2, 0.25) is 0 Å². The number of aliphatic hydroxyl groups excluding tert-OH is 1. The molecule has 2 heterocycles. The summed E-state index contributed by atoms with van der Waals surface area (Å²) in [5.41, 5.74) is 1.27. The highest BCUT2D eigenvalue weighted by molar-refractivity contribution is 5.95. The van der Waals surface area contributed by atoms with Gasteiger partial charge in [0, 0.05) is 18.5 Å². The third-order valence-corrected chi connectivity index (χ3v) is 3.27. The second-order valence-electron chi connectivity index (χ2n) is 4.58. The van der Waals surface area contributed by atoms with Crippen LogP contribution in [0.2, 0.25) is 0 Å². The van der Waals surface area contributed by atoms with E-state index in [0.717, 1.165) is 10.9 Å². The lowest BCUT2D eigenvalue weighted by atomic mass is 10.2. The molecule has 2 aromatic rings. The fraction of sp³-hybridized carbons (Fsp3) is 0.286. The fourth-order valence-electron chi connectivity index (χ4n) is 2.27. The zero-order chi connectivity index (χ0) is 12.5. The zero-order valence-electron chi connectivity index (χ0n) is 9.91. The van der Waals surface area contributed by atoms with Crippen molar-refractivity contribution in [2.45, 2.75) is 12.5 Å². The van der Waals surface area contributed by atoms with Crippen molar-refractivity contribution in [3.8, 4) is 0 Å². The highest BCUT2D eigenvalue weighted by Crippen LogP contribution is 2.16. The number of hydrogen-bond acceptors (Lipinski definition) is 3. The summed E-state index contributed by atoms with van der Waals surface area (Å²) >= 11 is 0. The Kier molecular flexibility index (Phi) is 2.72. The Hall–Kier alpha value is -1.94. The Bertz CT molecular complexity index is 597. The monoisotopic (exact) mass is 242 g/mol. The molecular weight excluding hydrogens is 228 g/mol. The maximum absolute atomic E-state index is 12.2. The van der Waals surface area contributed by atoms with Crippen molar-refractivity contribution >= 4 is 16.8 Å². The van der Waals surface area contributed by atoms with E-state index in [9.17, 15) is 9.90 Å². The first-order chi connectivity index (χ1) is 8.74. The molecule has 0 bridgehead atoms. The van der Waals surface area contributed by atoms with Gasteiger partial charge in [-0.3, -0.25) is 4.79 Å². The number of rotatable bonds is 1. The van der Waals surface area contributed by atoms with Crippen LogP contribution in [0.1, 0.15) is 16.9 Å². The Labute approximate surface area is 105 Å². The predicted octanol–water partition coefficient (Wildman–Crippen LogP) is 1.44. The third kappa shape index (κ3) is 1.95. The highest BCUT2D eigenvalue weighted by atomic mass is 16.3. The number of hydrogen-bond donors (Lipinski definition) is 1. The van der Waals surface area contributed by atoms with Crippen molar-refractivity contribution in [1.82, 2.24) is 9.88 Å². The summed E-state index contributed by atoms with van der Waals surface area (Å²) in [4.78, 5) is 18.2. The molecule has 0 radical (unpaired) electrons. The molecule has 4 nitrogen and oxygen atoms in total. The van der Waals surface area contributed by atoms with Crippen LogP contribution in [0.5, 0.6) is 0 Å². The lowest BCUT2D eigenvalue weighted by Crippen LogP contribution is -2.30. The van der Waals surface area contributed by atoms with E-state index in [1.54, 1.807) is 11.0 Å². The highest BCUT2D eigenvalue weighted by Gasteiger charge is 2.26. The van der Waals surface area contributed by atoms with Gasteiger partial charge in [0.25, 0.3) is 5.91 Å². The number of amides is 1. The van der Waals surface area contributed by atoms with Gasteiger partial charge in [0.15, 0.2) is 0 Å². The Morgan fingerprint density at radius 1 is 1.28 bits per heavy atom.